The van der Waals surface area contributed by atoms with Crippen LogP contribution in [0.4, 0.5) is 0 Å². The van der Waals surface area contributed by atoms with Crippen molar-refractivity contribution < 1.29 is 68.1 Å². The number of rotatable bonds is 16. The van der Waals surface area contributed by atoms with E-state index in [1.165, 1.54) is 12.1 Å². The number of hydrogen-bond acceptors (Lipinski definition) is 13. The standard InChI is InChI=1S/C28H36N2O14/c1-15(2)27(39)42-14-16-3-4-17(13-18(16)43-28-24(36)22(34)23(35)25(44-28)26(37)38)41-12-11-40-10-8-29-19(31)7-9-30-20(32)5-6-21(30)33/h3-6,13,15,22-25,28,34-36H,7-12,14H2,1-2H3,(H,29,31)(H,37,38)/t22-,23-,24?,25-,28+/m0/s1. The summed E-state index contributed by atoms with van der Waals surface area (Å²) in [5.41, 5.74) is 0.316. The molecule has 1 aromatic rings. The summed E-state index contributed by atoms with van der Waals surface area (Å²) >= 11 is 0. The Kier molecular flexibility index (Phi) is 12.6. The summed E-state index contributed by atoms with van der Waals surface area (Å²) in [7, 11) is 0. The molecule has 3 amide bonds. The molecular formula is C28H36N2O14. The first-order valence-corrected chi connectivity index (χ1v) is 13.8. The van der Waals surface area contributed by atoms with Crippen molar-refractivity contribution in [2.24, 2.45) is 5.92 Å². The van der Waals surface area contributed by atoms with E-state index in [4.69, 9.17) is 23.7 Å². The van der Waals surface area contributed by atoms with Crippen LogP contribution in [0.2, 0.25) is 0 Å². The van der Waals surface area contributed by atoms with Crippen molar-refractivity contribution in [1.29, 1.82) is 0 Å². The van der Waals surface area contributed by atoms with E-state index >= 15 is 0 Å². The number of ether oxygens (including phenoxy) is 5. The highest BCUT2D eigenvalue weighted by atomic mass is 16.7. The van der Waals surface area contributed by atoms with E-state index in [1.54, 1.807) is 19.9 Å². The molecule has 3 rings (SSSR count). The number of imide groups is 1. The highest BCUT2D eigenvalue weighted by Gasteiger charge is 2.48. The number of carboxylic acid groups (broad SMARTS) is 1. The summed E-state index contributed by atoms with van der Waals surface area (Å²) in [6, 6.07) is 4.45. The Bertz CT molecular complexity index is 1220. The molecule has 0 aromatic heterocycles. The second kappa shape index (κ2) is 16.1. The van der Waals surface area contributed by atoms with Crippen LogP contribution in [0.25, 0.3) is 0 Å². The zero-order valence-electron chi connectivity index (χ0n) is 24.1. The lowest BCUT2D eigenvalue weighted by molar-refractivity contribution is -0.271. The van der Waals surface area contributed by atoms with Crippen molar-refractivity contribution in [1.82, 2.24) is 10.2 Å². The van der Waals surface area contributed by atoms with Crippen LogP contribution in [-0.2, 0) is 44.8 Å². The number of aliphatic hydroxyl groups excluding tert-OH is 3. The quantitative estimate of drug-likeness (QED) is 0.0800. The van der Waals surface area contributed by atoms with Gasteiger partial charge in [-0.1, -0.05) is 13.8 Å². The molecule has 5 atom stereocenters. The van der Waals surface area contributed by atoms with Crippen LogP contribution in [0, 0.1) is 5.92 Å². The van der Waals surface area contributed by atoms with E-state index in [-0.39, 0.29) is 63.3 Å². The van der Waals surface area contributed by atoms with Gasteiger partial charge in [-0.2, -0.15) is 0 Å². The van der Waals surface area contributed by atoms with E-state index in [0.29, 0.717) is 5.56 Å². The number of benzene rings is 1. The topological polar surface area (TPSA) is 228 Å². The summed E-state index contributed by atoms with van der Waals surface area (Å²) in [6.07, 6.45) is -6.92. The van der Waals surface area contributed by atoms with Gasteiger partial charge in [-0.05, 0) is 12.1 Å². The Balaban J connectivity index is 1.50. The number of aliphatic hydroxyl groups is 3. The summed E-state index contributed by atoms with van der Waals surface area (Å²) in [6.45, 7) is 3.57. The van der Waals surface area contributed by atoms with Gasteiger partial charge in [-0.3, -0.25) is 24.1 Å². The number of carbonyl (C=O) groups excluding carboxylic acids is 4. The third-order valence-corrected chi connectivity index (χ3v) is 6.46. The molecule has 2 heterocycles. The van der Waals surface area contributed by atoms with E-state index in [1.807, 2.05) is 0 Å². The van der Waals surface area contributed by atoms with Crippen molar-refractivity contribution in [3.63, 3.8) is 0 Å². The average Bonchev–Trinajstić information content (AvgIpc) is 3.31. The number of nitrogens with zero attached hydrogens (tertiary/aromatic N) is 1. The first-order chi connectivity index (χ1) is 20.9. The molecule has 1 fully saturated rings. The number of carboxylic acids is 1. The minimum Gasteiger partial charge on any atom is -0.491 e. The number of aliphatic carboxylic acids is 1. The third kappa shape index (κ3) is 9.45. The Labute approximate surface area is 252 Å². The van der Waals surface area contributed by atoms with Gasteiger partial charge in [-0.25, -0.2) is 4.79 Å². The second-order valence-corrected chi connectivity index (χ2v) is 10.1. The van der Waals surface area contributed by atoms with Crippen molar-refractivity contribution >= 4 is 29.7 Å². The normalized spacial score (nSPS) is 23.1. The molecule has 0 spiro atoms. The maximum absolute atomic E-state index is 12.0. The van der Waals surface area contributed by atoms with Crippen LogP contribution in [0.15, 0.2) is 30.4 Å². The SMILES string of the molecule is CC(C)C(=O)OCc1ccc(OCCOCCNC(=O)CCN2C(=O)C=CC2=O)cc1O[C@@H]1O[C@H](C(=O)O)[C@@H](O)[C@H](O)C1O. The largest absolute Gasteiger partial charge is 0.491 e. The Morgan fingerprint density at radius 1 is 1.00 bits per heavy atom. The Hall–Kier alpha value is -4.09. The molecule has 0 bridgehead atoms. The van der Waals surface area contributed by atoms with Gasteiger partial charge < -0.3 is 49.4 Å². The van der Waals surface area contributed by atoms with Gasteiger partial charge in [0.2, 0.25) is 12.2 Å². The minimum absolute atomic E-state index is 0.00687. The molecule has 1 unspecified atom stereocenters. The molecule has 0 saturated carbocycles. The fourth-order valence-corrected chi connectivity index (χ4v) is 3.98. The van der Waals surface area contributed by atoms with Crippen molar-refractivity contribution in [3.8, 4) is 11.5 Å². The van der Waals surface area contributed by atoms with E-state index in [2.05, 4.69) is 5.32 Å². The molecule has 5 N–H and O–H groups in total. The van der Waals surface area contributed by atoms with Gasteiger partial charge in [0, 0.05) is 43.3 Å². The average molecular weight is 625 g/mol. The summed E-state index contributed by atoms with van der Waals surface area (Å²) in [5, 5.41) is 42.3. The molecule has 44 heavy (non-hydrogen) atoms. The van der Waals surface area contributed by atoms with Crippen LogP contribution < -0.4 is 14.8 Å². The zero-order valence-corrected chi connectivity index (χ0v) is 24.1. The predicted octanol–water partition coefficient (Wildman–Crippen LogP) is -1.52. The zero-order chi connectivity index (χ0) is 32.4. The van der Waals surface area contributed by atoms with Crippen LogP contribution in [-0.4, -0.2) is 119 Å². The van der Waals surface area contributed by atoms with Gasteiger partial charge in [0.25, 0.3) is 11.8 Å². The molecule has 1 aromatic carbocycles. The third-order valence-electron chi connectivity index (χ3n) is 6.46. The van der Waals surface area contributed by atoms with E-state index in [9.17, 15) is 44.4 Å². The number of carbonyl (C=O) groups is 5. The minimum atomic E-state index is -1.90. The van der Waals surface area contributed by atoms with Crippen molar-refractivity contribution in [2.75, 3.05) is 32.9 Å². The van der Waals surface area contributed by atoms with E-state index < -0.39 is 60.4 Å². The van der Waals surface area contributed by atoms with Gasteiger partial charge in [-0.15, -0.1) is 0 Å². The number of hydrogen-bond donors (Lipinski definition) is 5. The van der Waals surface area contributed by atoms with Crippen molar-refractivity contribution in [2.45, 2.75) is 57.6 Å². The molecule has 0 radical (unpaired) electrons. The first kappa shape index (κ1) is 34.4. The monoisotopic (exact) mass is 624 g/mol. The Morgan fingerprint density at radius 3 is 2.36 bits per heavy atom. The van der Waals surface area contributed by atoms with Crippen LogP contribution in [0.1, 0.15) is 25.8 Å². The van der Waals surface area contributed by atoms with Crippen LogP contribution in [0.5, 0.6) is 11.5 Å². The molecule has 16 nitrogen and oxygen atoms in total. The molecule has 16 heteroatoms. The molecule has 2 aliphatic rings. The van der Waals surface area contributed by atoms with Crippen LogP contribution >= 0.6 is 0 Å². The van der Waals surface area contributed by atoms with Gasteiger partial charge >= 0.3 is 11.9 Å². The molecule has 1 saturated heterocycles. The van der Waals surface area contributed by atoms with E-state index in [0.717, 1.165) is 17.1 Å². The summed E-state index contributed by atoms with van der Waals surface area (Å²) in [4.78, 5) is 59.4. The lowest BCUT2D eigenvalue weighted by Crippen LogP contribution is -2.61. The second-order valence-electron chi connectivity index (χ2n) is 10.1. The highest BCUT2D eigenvalue weighted by Crippen LogP contribution is 2.30. The van der Waals surface area contributed by atoms with Gasteiger partial charge in [0.15, 0.2) is 6.10 Å². The molecule has 242 valence electrons. The van der Waals surface area contributed by atoms with Gasteiger partial charge in [0.05, 0.1) is 19.1 Å². The number of esters is 1. The fourth-order valence-electron chi connectivity index (χ4n) is 3.98. The predicted molar refractivity (Wildman–Crippen MR) is 146 cm³/mol. The highest BCUT2D eigenvalue weighted by molar-refractivity contribution is 6.13. The lowest BCUT2D eigenvalue weighted by atomic mass is 9.99. The smallest absolute Gasteiger partial charge is 0.335 e. The fraction of sp³-hybridized carbons (Fsp3) is 0.536. The number of amides is 3. The molecular weight excluding hydrogens is 588 g/mol. The Morgan fingerprint density at radius 2 is 1.70 bits per heavy atom. The van der Waals surface area contributed by atoms with Crippen molar-refractivity contribution in [3.05, 3.63) is 35.9 Å². The summed E-state index contributed by atoms with van der Waals surface area (Å²) in [5.74, 6) is -3.49. The molecule has 2 aliphatic heterocycles. The van der Waals surface area contributed by atoms with Crippen LogP contribution in [0.3, 0.4) is 0 Å². The lowest BCUT2D eigenvalue weighted by Gasteiger charge is -2.38. The summed E-state index contributed by atoms with van der Waals surface area (Å²) < 4.78 is 27.2. The van der Waals surface area contributed by atoms with Gasteiger partial charge in [0.1, 0.15) is 43.0 Å². The maximum atomic E-state index is 12.0. The first-order valence-electron chi connectivity index (χ1n) is 13.8. The molecule has 0 aliphatic carbocycles. The maximum Gasteiger partial charge on any atom is 0.335 e. The number of nitrogens with one attached hydrogen (secondary N) is 1.